The van der Waals surface area contributed by atoms with Crippen molar-refractivity contribution in [1.29, 1.82) is 0 Å². The molecule has 174 valence electrons. The second-order valence-corrected chi connectivity index (χ2v) is 10.1. The highest BCUT2D eigenvalue weighted by atomic mass is 32.2. The van der Waals surface area contributed by atoms with E-state index in [4.69, 9.17) is 4.74 Å². The molecule has 5 rings (SSSR count). The fourth-order valence-corrected chi connectivity index (χ4v) is 5.38. The van der Waals surface area contributed by atoms with Gasteiger partial charge in [-0.2, -0.15) is 0 Å². The van der Waals surface area contributed by atoms with Gasteiger partial charge < -0.3 is 9.64 Å². The van der Waals surface area contributed by atoms with Crippen molar-refractivity contribution in [2.45, 2.75) is 37.1 Å². The summed E-state index contributed by atoms with van der Waals surface area (Å²) >= 11 is 3.11. The number of amides is 1. The van der Waals surface area contributed by atoms with E-state index < -0.39 is 0 Å². The number of carbonyl (C=O) groups excluding carboxylic acids is 1. The molecule has 1 aliphatic carbocycles. The lowest BCUT2D eigenvalue weighted by Gasteiger charge is -2.22. The van der Waals surface area contributed by atoms with Gasteiger partial charge in [-0.1, -0.05) is 60.3 Å². The first kappa shape index (κ1) is 22.7. The highest BCUT2D eigenvalue weighted by molar-refractivity contribution is 7.99. The molecule has 2 heterocycles. The summed E-state index contributed by atoms with van der Waals surface area (Å²) in [6, 6.07) is 22.6. The molecule has 0 atom stereocenters. The minimum absolute atomic E-state index is 0.134. The number of benzene rings is 2. The van der Waals surface area contributed by atoms with Crippen LogP contribution in [-0.4, -0.2) is 44.5 Å². The third kappa shape index (κ3) is 5.34. The van der Waals surface area contributed by atoms with Crippen LogP contribution in [0.1, 0.15) is 24.0 Å². The summed E-state index contributed by atoms with van der Waals surface area (Å²) in [5, 5.41) is 11.7. The lowest BCUT2D eigenvalue weighted by Crippen LogP contribution is -2.34. The smallest absolute Gasteiger partial charge is 0.233 e. The second kappa shape index (κ2) is 10.4. The lowest BCUT2D eigenvalue weighted by molar-refractivity contribution is -0.129. The summed E-state index contributed by atoms with van der Waals surface area (Å²) in [4.78, 5) is 16.3. The van der Waals surface area contributed by atoms with E-state index >= 15 is 0 Å². The number of carbonyl (C=O) groups is 1. The maximum atomic E-state index is 13.3. The minimum atomic E-state index is 0.134. The van der Waals surface area contributed by atoms with Crippen molar-refractivity contribution in [2.24, 2.45) is 0 Å². The van der Waals surface area contributed by atoms with Crippen molar-refractivity contribution in [3.63, 3.8) is 0 Å². The molecule has 4 aromatic rings. The van der Waals surface area contributed by atoms with Gasteiger partial charge in [-0.3, -0.25) is 9.36 Å². The Morgan fingerprint density at radius 1 is 1.06 bits per heavy atom. The van der Waals surface area contributed by atoms with Crippen molar-refractivity contribution >= 4 is 29.0 Å². The third-order valence-electron chi connectivity index (χ3n) is 5.79. The molecule has 0 unspecified atom stereocenters. The molecule has 2 aromatic heterocycles. The van der Waals surface area contributed by atoms with Crippen LogP contribution >= 0.6 is 23.1 Å². The van der Waals surface area contributed by atoms with Crippen LogP contribution in [0.25, 0.3) is 10.7 Å². The zero-order valence-electron chi connectivity index (χ0n) is 19.0. The maximum Gasteiger partial charge on any atom is 0.233 e. The Kier molecular flexibility index (Phi) is 6.97. The first-order valence-electron chi connectivity index (χ1n) is 11.3. The average Bonchev–Trinajstić information content (AvgIpc) is 3.41. The highest BCUT2D eigenvalue weighted by Crippen LogP contribution is 2.31. The van der Waals surface area contributed by atoms with Gasteiger partial charge in [0, 0.05) is 12.6 Å². The molecule has 0 saturated heterocycles. The number of thioether (sulfide) groups is 1. The summed E-state index contributed by atoms with van der Waals surface area (Å²) in [6.07, 6.45) is 2.14. The predicted molar refractivity (Wildman–Crippen MR) is 136 cm³/mol. The summed E-state index contributed by atoms with van der Waals surface area (Å²) in [7, 11) is 1.66. The quantitative estimate of drug-likeness (QED) is 0.281. The first-order valence-corrected chi connectivity index (χ1v) is 13.1. The van der Waals surface area contributed by atoms with E-state index in [9.17, 15) is 4.79 Å². The second-order valence-electron chi connectivity index (χ2n) is 8.24. The molecule has 1 aliphatic rings. The zero-order chi connectivity index (χ0) is 23.3. The Bertz CT molecular complexity index is 1220. The largest absolute Gasteiger partial charge is 0.497 e. The third-order valence-corrected chi connectivity index (χ3v) is 7.60. The Morgan fingerprint density at radius 2 is 1.85 bits per heavy atom. The fourth-order valence-electron chi connectivity index (χ4n) is 3.84. The fraction of sp³-hybridized carbons (Fsp3) is 0.269. The number of methoxy groups -OCH3 is 1. The number of thiophene rings is 1. The highest BCUT2D eigenvalue weighted by Gasteiger charge is 2.32. The maximum absolute atomic E-state index is 13.3. The summed E-state index contributed by atoms with van der Waals surface area (Å²) in [6.45, 7) is 1.28. The average molecular weight is 491 g/mol. The number of nitrogens with zero attached hydrogens (tertiary/aromatic N) is 4. The zero-order valence-corrected chi connectivity index (χ0v) is 20.6. The number of aromatic nitrogens is 3. The molecule has 0 spiro atoms. The van der Waals surface area contributed by atoms with Crippen LogP contribution in [0.2, 0.25) is 0 Å². The number of hydrogen-bond donors (Lipinski definition) is 0. The molecule has 2 aromatic carbocycles. The van der Waals surface area contributed by atoms with E-state index in [0.717, 1.165) is 40.0 Å². The first-order chi connectivity index (χ1) is 16.7. The van der Waals surface area contributed by atoms with Crippen LogP contribution in [-0.2, 0) is 17.9 Å². The van der Waals surface area contributed by atoms with Gasteiger partial charge in [-0.05, 0) is 47.5 Å². The van der Waals surface area contributed by atoms with Crippen molar-refractivity contribution in [2.75, 3.05) is 12.9 Å². The molecule has 0 aliphatic heterocycles. The Morgan fingerprint density at radius 3 is 2.53 bits per heavy atom. The molecule has 6 nitrogen and oxygen atoms in total. The van der Waals surface area contributed by atoms with Gasteiger partial charge in [0.25, 0.3) is 0 Å². The van der Waals surface area contributed by atoms with Gasteiger partial charge in [-0.15, -0.1) is 21.5 Å². The van der Waals surface area contributed by atoms with Gasteiger partial charge in [-0.25, -0.2) is 0 Å². The van der Waals surface area contributed by atoms with E-state index in [1.54, 1.807) is 18.4 Å². The van der Waals surface area contributed by atoms with Crippen LogP contribution in [0, 0.1) is 0 Å². The normalized spacial score (nSPS) is 13.1. The molecular formula is C26H26N4O2S2. The van der Waals surface area contributed by atoms with Crippen LogP contribution < -0.4 is 4.74 Å². The van der Waals surface area contributed by atoms with Crippen LogP contribution in [0.4, 0.5) is 0 Å². The number of hydrogen-bond acceptors (Lipinski definition) is 6. The molecular weight excluding hydrogens is 464 g/mol. The van der Waals surface area contributed by atoms with E-state index in [0.29, 0.717) is 24.9 Å². The van der Waals surface area contributed by atoms with E-state index in [2.05, 4.69) is 33.0 Å². The molecule has 1 amide bonds. The topological polar surface area (TPSA) is 60.2 Å². The van der Waals surface area contributed by atoms with Crippen LogP contribution in [0.3, 0.4) is 0 Å². The molecule has 0 bridgehead atoms. The summed E-state index contributed by atoms with van der Waals surface area (Å²) in [5.41, 5.74) is 2.28. The van der Waals surface area contributed by atoms with Crippen LogP contribution in [0.15, 0.2) is 77.3 Å². The van der Waals surface area contributed by atoms with Crippen molar-refractivity contribution in [3.8, 4) is 16.5 Å². The van der Waals surface area contributed by atoms with Gasteiger partial charge in [0.1, 0.15) is 5.75 Å². The lowest BCUT2D eigenvalue weighted by atomic mass is 10.2. The monoisotopic (exact) mass is 490 g/mol. The van der Waals surface area contributed by atoms with E-state index in [-0.39, 0.29) is 5.91 Å². The molecule has 8 heteroatoms. The molecule has 0 radical (unpaired) electrons. The van der Waals surface area contributed by atoms with E-state index in [1.165, 1.54) is 17.3 Å². The van der Waals surface area contributed by atoms with Gasteiger partial charge in [0.15, 0.2) is 11.0 Å². The molecule has 1 saturated carbocycles. The number of ether oxygens (including phenoxy) is 1. The Labute approximate surface area is 207 Å². The predicted octanol–water partition coefficient (Wildman–Crippen LogP) is 5.35. The SMILES string of the molecule is COc1ccc(CN(C(=O)CSc2nnc(-c3cccs3)n2Cc2ccccc2)C2CC2)cc1. The van der Waals surface area contributed by atoms with Crippen molar-refractivity contribution in [3.05, 3.63) is 83.2 Å². The van der Waals surface area contributed by atoms with Crippen molar-refractivity contribution in [1.82, 2.24) is 19.7 Å². The van der Waals surface area contributed by atoms with Gasteiger partial charge in [0.05, 0.1) is 24.3 Å². The van der Waals surface area contributed by atoms with E-state index in [1.807, 2.05) is 58.8 Å². The Hall–Kier alpha value is -3.10. The molecule has 0 N–H and O–H groups in total. The van der Waals surface area contributed by atoms with Crippen molar-refractivity contribution < 1.29 is 9.53 Å². The molecule has 1 fully saturated rings. The van der Waals surface area contributed by atoms with Gasteiger partial charge >= 0.3 is 0 Å². The summed E-state index contributed by atoms with van der Waals surface area (Å²) in [5.74, 6) is 2.13. The molecule has 34 heavy (non-hydrogen) atoms. The standard InChI is InChI=1S/C26H26N4O2S2/c1-32-22-13-9-20(10-14-22)16-29(21-11-12-21)24(31)18-34-26-28-27-25(23-8-5-15-33-23)30(26)17-19-6-3-2-4-7-19/h2-10,13-15,21H,11-12,16-18H2,1H3. The Balaban J connectivity index is 1.31. The minimum Gasteiger partial charge on any atom is -0.497 e. The van der Waals surface area contributed by atoms with Crippen LogP contribution in [0.5, 0.6) is 5.75 Å². The van der Waals surface area contributed by atoms with Gasteiger partial charge in [0.2, 0.25) is 5.91 Å². The summed E-state index contributed by atoms with van der Waals surface area (Å²) < 4.78 is 7.37. The number of rotatable bonds is 10.